The highest BCUT2D eigenvalue weighted by Crippen LogP contribution is 2.52. The lowest BCUT2D eigenvalue weighted by atomic mass is 9.92. The second kappa shape index (κ2) is 10.4. The maximum absolute atomic E-state index is 11.8. The molecule has 1 aliphatic heterocycles. The number of hydrogen-bond acceptors (Lipinski definition) is 5. The van der Waals surface area contributed by atoms with Gasteiger partial charge in [-0.2, -0.15) is 5.01 Å². The molecule has 182 valence electrons. The summed E-state index contributed by atoms with van der Waals surface area (Å²) >= 11 is 18.8. The lowest BCUT2D eigenvalue weighted by Gasteiger charge is -2.36. The predicted octanol–water partition coefficient (Wildman–Crippen LogP) is 8.23. The van der Waals surface area contributed by atoms with E-state index >= 15 is 0 Å². The molecule has 0 radical (unpaired) electrons. The van der Waals surface area contributed by atoms with Crippen molar-refractivity contribution in [1.82, 2.24) is 10.2 Å². The van der Waals surface area contributed by atoms with Crippen molar-refractivity contribution >= 4 is 52.5 Å². The van der Waals surface area contributed by atoms with E-state index in [1.165, 1.54) is 5.17 Å². The van der Waals surface area contributed by atoms with Crippen molar-refractivity contribution in [2.24, 2.45) is 0 Å². The van der Waals surface area contributed by atoms with Crippen LogP contribution in [0.4, 0.5) is 0 Å². The van der Waals surface area contributed by atoms with Crippen molar-refractivity contribution in [1.29, 1.82) is 0 Å². The van der Waals surface area contributed by atoms with Gasteiger partial charge in [-0.1, -0.05) is 83.3 Å². The first-order chi connectivity index (χ1) is 17.5. The number of rotatable bonds is 7. The van der Waals surface area contributed by atoms with E-state index in [2.05, 4.69) is 0 Å². The number of carbonyl (C=O) groups excluding carboxylic acids is 1. The number of benzene rings is 3. The lowest BCUT2D eigenvalue weighted by Crippen LogP contribution is -2.40. The first kappa shape index (κ1) is 24.5. The summed E-state index contributed by atoms with van der Waals surface area (Å²) in [7, 11) is 0. The van der Waals surface area contributed by atoms with Gasteiger partial charge >= 0.3 is 6.47 Å². The van der Waals surface area contributed by atoms with Crippen molar-refractivity contribution in [2.45, 2.75) is 19.0 Å². The second-order valence-corrected chi connectivity index (χ2v) is 9.51. The van der Waals surface area contributed by atoms with Crippen molar-refractivity contribution in [3.8, 4) is 0 Å². The molecular formula is C28H21Cl3N2O3. The van der Waals surface area contributed by atoms with Crippen molar-refractivity contribution in [3.05, 3.63) is 129 Å². The molecule has 2 atom stereocenters. The molecular weight excluding hydrogens is 519 g/mol. The maximum atomic E-state index is 11.8. The first-order valence-corrected chi connectivity index (χ1v) is 12.4. The summed E-state index contributed by atoms with van der Waals surface area (Å²) in [6, 6.07) is 25.8. The third kappa shape index (κ3) is 4.51. The van der Waals surface area contributed by atoms with Crippen LogP contribution >= 0.6 is 34.8 Å². The SMILES string of the molecule is CC(c1ccc(Cl)c(Cl)c1)N1C(c2ccco2)C(c2ccccc2)=C(c2ccc(Cl)cc2)N1OC=O. The third-order valence-electron chi connectivity index (χ3n) is 6.18. The highest BCUT2D eigenvalue weighted by molar-refractivity contribution is 6.42. The van der Waals surface area contributed by atoms with E-state index in [0.717, 1.165) is 22.3 Å². The van der Waals surface area contributed by atoms with Gasteiger partial charge in [0.2, 0.25) is 0 Å². The smallest absolute Gasteiger partial charge is 0.322 e. The molecule has 0 fully saturated rings. The van der Waals surface area contributed by atoms with Gasteiger partial charge in [0.1, 0.15) is 17.5 Å². The quantitative estimate of drug-likeness (QED) is 0.221. The highest BCUT2D eigenvalue weighted by atomic mass is 35.5. The summed E-state index contributed by atoms with van der Waals surface area (Å²) in [5.74, 6) is 0.684. The Morgan fingerprint density at radius 1 is 0.889 bits per heavy atom. The van der Waals surface area contributed by atoms with Gasteiger partial charge in [-0.25, -0.2) is 0 Å². The van der Waals surface area contributed by atoms with Crippen LogP contribution in [0.5, 0.6) is 0 Å². The van der Waals surface area contributed by atoms with Gasteiger partial charge in [0.15, 0.2) is 0 Å². The molecule has 0 saturated carbocycles. The molecule has 0 aliphatic carbocycles. The zero-order valence-corrected chi connectivity index (χ0v) is 21.4. The van der Waals surface area contributed by atoms with Gasteiger partial charge < -0.3 is 9.25 Å². The molecule has 0 saturated heterocycles. The van der Waals surface area contributed by atoms with Crippen molar-refractivity contribution < 1.29 is 14.0 Å². The van der Waals surface area contributed by atoms with Crippen LogP contribution in [0.25, 0.3) is 11.3 Å². The van der Waals surface area contributed by atoms with Crippen LogP contribution in [0.1, 0.15) is 41.5 Å². The highest BCUT2D eigenvalue weighted by Gasteiger charge is 2.46. The number of hydrazine groups is 1. The number of carbonyl (C=O) groups is 1. The summed E-state index contributed by atoms with van der Waals surface area (Å²) < 4.78 is 5.94. The molecule has 2 unspecified atom stereocenters. The molecule has 8 heteroatoms. The molecule has 2 heterocycles. The Kier molecular flexibility index (Phi) is 7.08. The molecule has 0 N–H and O–H groups in total. The summed E-state index contributed by atoms with van der Waals surface area (Å²) in [6.07, 6.45) is 1.63. The Morgan fingerprint density at radius 2 is 1.64 bits per heavy atom. The fourth-order valence-electron chi connectivity index (χ4n) is 4.54. The van der Waals surface area contributed by atoms with Gasteiger partial charge in [-0.3, -0.25) is 4.79 Å². The molecule has 1 aliphatic rings. The topological polar surface area (TPSA) is 45.9 Å². The normalized spacial score (nSPS) is 16.9. The molecule has 5 rings (SSSR count). The Hall–Kier alpha value is -3.22. The fourth-order valence-corrected chi connectivity index (χ4v) is 4.98. The van der Waals surface area contributed by atoms with Gasteiger partial charge in [0, 0.05) is 16.2 Å². The Labute approximate surface area is 224 Å². The van der Waals surface area contributed by atoms with E-state index in [9.17, 15) is 4.79 Å². The minimum Gasteiger partial charge on any atom is -0.467 e. The zero-order valence-electron chi connectivity index (χ0n) is 19.1. The van der Waals surface area contributed by atoms with E-state index in [4.69, 9.17) is 44.1 Å². The molecule has 4 aromatic rings. The standard InChI is InChI=1S/C28H21Cl3N2O3/c1-18(21-11-14-23(30)24(31)16-21)32-28(25-8-5-15-35-25)26(19-6-3-2-4-7-19)27(33(32)36-17-34)20-9-12-22(29)13-10-20/h2-18,28H,1H3. The fraction of sp³-hybridized carbons (Fsp3) is 0.107. The van der Waals surface area contributed by atoms with Crippen LogP contribution in [0.3, 0.4) is 0 Å². The minimum atomic E-state index is -0.433. The van der Waals surface area contributed by atoms with Crippen LogP contribution in [-0.2, 0) is 9.63 Å². The van der Waals surface area contributed by atoms with Crippen LogP contribution in [-0.4, -0.2) is 16.7 Å². The summed E-state index contributed by atoms with van der Waals surface area (Å²) in [5, 5.41) is 4.98. The largest absolute Gasteiger partial charge is 0.467 e. The number of hydroxylamine groups is 1. The van der Waals surface area contributed by atoms with E-state index in [0.29, 0.717) is 33.0 Å². The Bertz CT molecular complexity index is 1390. The number of halogens is 3. The number of hydrogen-bond donors (Lipinski definition) is 0. The Morgan fingerprint density at radius 3 is 2.28 bits per heavy atom. The molecule has 5 nitrogen and oxygen atoms in total. The molecule has 1 aromatic heterocycles. The van der Waals surface area contributed by atoms with Gasteiger partial charge in [0.05, 0.1) is 22.4 Å². The van der Waals surface area contributed by atoms with Crippen LogP contribution in [0, 0.1) is 0 Å². The van der Waals surface area contributed by atoms with Gasteiger partial charge in [-0.05, 0) is 54.4 Å². The van der Waals surface area contributed by atoms with E-state index in [1.807, 2.05) is 78.7 Å². The monoisotopic (exact) mass is 538 g/mol. The first-order valence-electron chi connectivity index (χ1n) is 11.2. The second-order valence-electron chi connectivity index (χ2n) is 8.26. The summed E-state index contributed by atoms with van der Waals surface area (Å²) in [4.78, 5) is 17.5. The third-order valence-corrected chi connectivity index (χ3v) is 7.17. The molecule has 0 amide bonds. The minimum absolute atomic E-state index is 0.307. The van der Waals surface area contributed by atoms with Crippen LogP contribution in [0.2, 0.25) is 15.1 Å². The van der Waals surface area contributed by atoms with E-state index in [-0.39, 0.29) is 6.04 Å². The van der Waals surface area contributed by atoms with Gasteiger partial charge in [-0.15, -0.1) is 5.17 Å². The number of nitrogens with zero attached hydrogens (tertiary/aromatic N) is 2. The number of furan rings is 1. The molecule has 0 bridgehead atoms. The van der Waals surface area contributed by atoms with Gasteiger partial charge in [0.25, 0.3) is 0 Å². The van der Waals surface area contributed by atoms with Crippen molar-refractivity contribution in [3.63, 3.8) is 0 Å². The van der Waals surface area contributed by atoms with Crippen LogP contribution < -0.4 is 0 Å². The van der Waals surface area contributed by atoms with E-state index < -0.39 is 6.04 Å². The Balaban J connectivity index is 1.77. The lowest BCUT2D eigenvalue weighted by molar-refractivity contribution is -0.234. The maximum Gasteiger partial charge on any atom is 0.322 e. The molecule has 36 heavy (non-hydrogen) atoms. The molecule has 0 spiro atoms. The molecule has 3 aromatic carbocycles. The van der Waals surface area contributed by atoms with Crippen LogP contribution in [0.15, 0.2) is 95.6 Å². The summed E-state index contributed by atoms with van der Waals surface area (Å²) in [5.41, 5.74) is 4.25. The zero-order chi connectivity index (χ0) is 25.2. The van der Waals surface area contributed by atoms with E-state index in [1.54, 1.807) is 24.5 Å². The predicted molar refractivity (Wildman–Crippen MR) is 142 cm³/mol. The average Bonchev–Trinajstić information content (AvgIpc) is 3.53. The van der Waals surface area contributed by atoms with Crippen molar-refractivity contribution in [2.75, 3.05) is 0 Å². The summed E-state index contributed by atoms with van der Waals surface area (Å²) in [6.45, 7) is 2.42. The average molecular weight is 540 g/mol.